The molecule has 0 heteroatoms. The van der Waals surface area contributed by atoms with Crippen molar-refractivity contribution < 1.29 is 0 Å². The van der Waals surface area contributed by atoms with Gasteiger partial charge >= 0.3 is 0 Å². The summed E-state index contributed by atoms with van der Waals surface area (Å²) in [6, 6.07) is 0. The first kappa shape index (κ1) is 28.5. The summed E-state index contributed by atoms with van der Waals surface area (Å²) in [4.78, 5) is 0. The summed E-state index contributed by atoms with van der Waals surface area (Å²) in [6.07, 6.45) is 22.8. The molecule has 0 aromatic rings. The maximum Gasteiger partial charge on any atom is -0.0144 e. The molecule has 3 unspecified atom stereocenters. The summed E-state index contributed by atoms with van der Waals surface area (Å²) in [5, 5.41) is 0. The maximum atomic E-state index is 3.74. The van der Waals surface area contributed by atoms with Gasteiger partial charge in [-0.1, -0.05) is 70.6 Å². The summed E-state index contributed by atoms with van der Waals surface area (Å²) in [6.45, 7) is 21.5. The van der Waals surface area contributed by atoms with Gasteiger partial charge in [0.2, 0.25) is 0 Å². The van der Waals surface area contributed by atoms with E-state index in [4.69, 9.17) is 0 Å². The molecule has 4 rings (SSSR count). The molecule has 0 bridgehead atoms. The fourth-order valence-electron chi connectivity index (χ4n) is 8.42. The van der Waals surface area contributed by atoms with Gasteiger partial charge in [0.15, 0.2) is 0 Å². The minimum Gasteiger partial charge on any atom is -0.0998 e. The molecular formula is C33H58. The highest BCUT2D eigenvalue weighted by atomic mass is 14.6. The Kier molecular flexibility index (Phi) is 11.5. The van der Waals surface area contributed by atoms with Crippen LogP contribution in [-0.2, 0) is 0 Å². The van der Waals surface area contributed by atoms with Crippen LogP contribution in [-0.4, -0.2) is 0 Å². The smallest absolute Gasteiger partial charge is 0.0144 e. The van der Waals surface area contributed by atoms with Crippen LogP contribution in [0.3, 0.4) is 0 Å². The van der Waals surface area contributed by atoms with Crippen LogP contribution in [0.15, 0.2) is 36.0 Å². The van der Waals surface area contributed by atoms with Crippen molar-refractivity contribution in [1.82, 2.24) is 0 Å². The van der Waals surface area contributed by atoms with E-state index in [1.807, 2.05) is 33.8 Å². The SMILES string of the molecule is C/C=C(\CC)C1CC[C@@H]2C1CC[C@H]1C2CC[C@H]2CC(C)(C)CC[C@@H]21.C=C(C)CC=CC.CC. The van der Waals surface area contributed by atoms with E-state index < -0.39 is 0 Å². The van der Waals surface area contributed by atoms with Crippen LogP contribution in [0.25, 0.3) is 0 Å². The van der Waals surface area contributed by atoms with Crippen molar-refractivity contribution in [2.75, 3.05) is 0 Å². The topological polar surface area (TPSA) is 0 Å². The van der Waals surface area contributed by atoms with Crippen molar-refractivity contribution in [1.29, 1.82) is 0 Å². The molecule has 33 heavy (non-hydrogen) atoms. The lowest BCUT2D eigenvalue weighted by molar-refractivity contribution is -0.0449. The standard InChI is InChI=1S/C24H40.C7H12.C2H6/c1-5-16(6-2)18-9-10-23-20(18)11-12-21-19-13-14-24(3,4)15-17(19)7-8-22(21)23;1-4-5-6-7(2)3;1-2/h5,17-23H,6-15H2,1-4H3;4-5H,2,6H2,1,3H3;1-2H3/b16-5+;;/t17-,18?,19-,20?,21+,22?,23+;;/m0../s1. The maximum absolute atomic E-state index is 3.74. The summed E-state index contributed by atoms with van der Waals surface area (Å²) in [7, 11) is 0. The molecule has 4 fully saturated rings. The Bertz CT molecular complexity index is 647. The van der Waals surface area contributed by atoms with Gasteiger partial charge in [-0.15, -0.1) is 0 Å². The Morgan fingerprint density at radius 2 is 1.42 bits per heavy atom. The Balaban J connectivity index is 0.000000370. The molecule has 0 spiro atoms. The average molecular weight is 455 g/mol. The lowest BCUT2D eigenvalue weighted by Crippen LogP contribution is -2.46. The minimum atomic E-state index is 0.631. The highest BCUT2D eigenvalue weighted by Gasteiger charge is 2.52. The molecule has 0 aromatic carbocycles. The molecule has 0 heterocycles. The summed E-state index contributed by atoms with van der Waals surface area (Å²) >= 11 is 0. The summed E-state index contributed by atoms with van der Waals surface area (Å²) < 4.78 is 0. The van der Waals surface area contributed by atoms with Crippen molar-refractivity contribution in [3.05, 3.63) is 36.0 Å². The van der Waals surface area contributed by atoms with Crippen LogP contribution in [0.1, 0.15) is 126 Å². The van der Waals surface area contributed by atoms with Gasteiger partial charge in [-0.05, 0) is 138 Å². The van der Waals surface area contributed by atoms with Crippen LogP contribution >= 0.6 is 0 Å². The minimum absolute atomic E-state index is 0.631. The highest BCUT2D eigenvalue weighted by Crippen LogP contribution is 2.61. The summed E-state index contributed by atoms with van der Waals surface area (Å²) in [5.41, 5.74) is 3.64. The van der Waals surface area contributed by atoms with E-state index in [0.29, 0.717) is 5.41 Å². The fourth-order valence-corrected chi connectivity index (χ4v) is 8.42. The van der Waals surface area contributed by atoms with Crippen molar-refractivity contribution in [2.45, 2.75) is 126 Å². The molecular weight excluding hydrogens is 396 g/mol. The Morgan fingerprint density at radius 3 is 2.00 bits per heavy atom. The lowest BCUT2D eigenvalue weighted by atomic mass is 9.51. The zero-order chi connectivity index (χ0) is 24.6. The van der Waals surface area contributed by atoms with E-state index in [9.17, 15) is 0 Å². The highest BCUT2D eigenvalue weighted by molar-refractivity contribution is 5.13. The van der Waals surface area contributed by atoms with Gasteiger partial charge in [-0.25, -0.2) is 0 Å². The Hall–Kier alpha value is -0.780. The Labute approximate surface area is 208 Å². The van der Waals surface area contributed by atoms with Crippen LogP contribution in [0, 0.1) is 46.8 Å². The van der Waals surface area contributed by atoms with Crippen molar-refractivity contribution >= 4 is 0 Å². The first-order valence-electron chi connectivity index (χ1n) is 14.7. The first-order chi connectivity index (χ1) is 15.8. The van der Waals surface area contributed by atoms with E-state index in [1.165, 1.54) is 31.3 Å². The quantitative estimate of drug-likeness (QED) is 0.370. The Morgan fingerprint density at radius 1 is 0.848 bits per heavy atom. The van der Waals surface area contributed by atoms with E-state index in [-0.39, 0.29) is 0 Å². The fraction of sp³-hybridized carbons (Fsp3) is 0.818. The second-order valence-electron chi connectivity index (χ2n) is 12.3. The van der Waals surface area contributed by atoms with E-state index in [1.54, 1.807) is 44.1 Å². The first-order valence-corrected chi connectivity index (χ1v) is 14.7. The lowest BCUT2D eigenvalue weighted by Gasteiger charge is -2.54. The molecule has 0 radical (unpaired) electrons. The van der Waals surface area contributed by atoms with Crippen LogP contribution in [0.4, 0.5) is 0 Å². The monoisotopic (exact) mass is 454 g/mol. The predicted octanol–water partition coefficient (Wildman–Crippen LogP) is 10.8. The molecule has 0 amide bonds. The van der Waals surface area contributed by atoms with Crippen molar-refractivity contribution in [3.8, 4) is 0 Å². The number of allylic oxidation sites excluding steroid dienone is 5. The molecule has 0 nitrogen and oxygen atoms in total. The van der Waals surface area contributed by atoms with Gasteiger partial charge in [0, 0.05) is 0 Å². The summed E-state index contributed by atoms with van der Waals surface area (Å²) in [5.74, 6) is 7.48. The normalized spacial score (nSPS) is 37.0. The van der Waals surface area contributed by atoms with Gasteiger partial charge < -0.3 is 0 Å². The van der Waals surface area contributed by atoms with E-state index in [2.05, 4.69) is 46.4 Å². The molecule has 7 atom stereocenters. The van der Waals surface area contributed by atoms with E-state index >= 15 is 0 Å². The molecule has 190 valence electrons. The molecule has 0 N–H and O–H groups in total. The third-order valence-corrected chi connectivity index (χ3v) is 9.76. The van der Waals surface area contributed by atoms with Crippen molar-refractivity contribution in [3.63, 3.8) is 0 Å². The third-order valence-electron chi connectivity index (χ3n) is 9.76. The van der Waals surface area contributed by atoms with Gasteiger partial charge in [-0.2, -0.15) is 0 Å². The van der Waals surface area contributed by atoms with Crippen LogP contribution in [0.2, 0.25) is 0 Å². The molecule has 4 saturated carbocycles. The number of fused-ring (bicyclic) bond motifs is 5. The average Bonchev–Trinajstić information content (AvgIpc) is 3.23. The zero-order valence-electron chi connectivity index (χ0n) is 23.8. The zero-order valence-corrected chi connectivity index (χ0v) is 23.8. The third kappa shape index (κ3) is 7.11. The molecule has 0 aromatic heterocycles. The molecule has 0 saturated heterocycles. The van der Waals surface area contributed by atoms with Crippen LogP contribution in [0.5, 0.6) is 0 Å². The van der Waals surface area contributed by atoms with E-state index in [0.717, 1.165) is 47.8 Å². The van der Waals surface area contributed by atoms with Gasteiger partial charge in [0.05, 0.1) is 0 Å². The van der Waals surface area contributed by atoms with Crippen LogP contribution < -0.4 is 0 Å². The van der Waals surface area contributed by atoms with Gasteiger partial charge in [-0.3, -0.25) is 0 Å². The molecule has 4 aliphatic rings. The van der Waals surface area contributed by atoms with Gasteiger partial charge in [0.25, 0.3) is 0 Å². The second-order valence-corrected chi connectivity index (χ2v) is 12.3. The number of hydrogen-bond acceptors (Lipinski definition) is 0. The molecule has 0 aliphatic heterocycles. The van der Waals surface area contributed by atoms with Gasteiger partial charge in [0.1, 0.15) is 0 Å². The largest absolute Gasteiger partial charge is 0.0998 e. The second kappa shape index (κ2) is 13.3. The number of hydrogen-bond donors (Lipinski definition) is 0. The predicted molar refractivity (Wildman–Crippen MR) is 149 cm³/mol. The molecule has 4 aliphatic carbocycles. The van der Waals surface area contributed by atoms with Crippen molar-refractivity contribution in [2.24, 2.45) is 46.8 Å². The number of rotatable bonds is 4.